The van der Waals surface area contributed by atoms with E-state index in [2.05, 4.69) is 29.1 Å². The number of nitrogens with zero attached hydrogens (tertiary/aromatic N) is 2. The summed E-state index contributed by atoms with van der Waals surface area (Å²) in [4.78, 5) is 6.97. The first-order valence-corrected chi connectivity index (χ1v) is 6.83. The van der Waals surface area contributed by atoms with E-state index >= 15 is 0 Å². The molecule has 1 saturated heterocycles. The molecular weight excluding hydrogens is 228 g/mol. The first kappa shape index (κ1) is 11.4. The summed E-state index contributed by atoms with van der Waals surface area (Å²) in [6.45, 7) is 6.47. The Bertz CT molecular complexity index is 326. The largest absolute Gasteiger partial charge is 0.293 e. The molecule has 2 atom stereocenters. The van der Waals surface area contributed by atoms with Gasteiger partial charge in [0.1, 0.15) is 0 Å². The second-order valence-corrected chi connectivity index (χ2v) is 5.69. The molecule has 0 spiro atoms. The minimum Gasteiger partial charge on any atom is -0.293 e. The minimum absolute atomic E-state index is 0.536. The summed E-state index contributed by atoms with van der Waals surface area (Å²) in [5.41, 5.74) is 1.20. The summed E-state index contributed by atoms with van der Waals surface area (Å²) in [5, 5.41) is 3.31. The van der Waals surface area contributed by atoms with Crippen molar-refractivity contribution in [2.75, 3.05) is 12.4 Å². The van der Waals surface area contributed by atoms with E-state index in [1.807, 2.05) is 0 Å². The highest BCUT2D eigenvalue weighted by Crippen LogP contribution is 2.26. The maximum Gasteiger partial charge on any atom is 0.0897 e. The molecule has 2 unspecified atom stereocenters. The van der Waals surface area contributed by atoms with E-state index in [0.717, 1.165) is 29.9 Å². The molecule has 1 aromatic heterocycles. The van der Waals surface area contributed by atoms with Crippen LogP contribution < -0.4 is 0 Å². The van der Waals surface area contributed by atoms with E-state index in [1.165, 1.54) is 12.1 Å². The van der Waals surface area contributed by atoms with Crippen LogP contribution in [0.25, 0.3) is 0 Å². The maximum atomic E-state index is 6.01. The van der Waals surface area contributed by atoms with Gasteiger partial charge in [0.2, 0.25) is 0 Å². The van der Waals surface area contributed by atoms with E-state index in [-0.39, 0.29) is 0 Å². The summed E-state index contributed by atoms with van der Waals surface area (Å²) in [6, 6.07) is 0.536. The van der Waals surface area contributed by atoms with Gasteiger partial charge in [-0.2, -0.15) is 0 Å². The first-order chi connectivity index (χ1) is 7.20. The fourth-order valence-corrected chi connectivity index (χ4v) is 3.33. The van der Waals surface area contributed by atoms with Crippen molar-refractivity contribution in [3.05, 3.63) is 16.1 Å². The van der Waals surface area contributed by atoms with Gasteiger partial charge in [0.25, 0.3) is 0 Å². The highest BCUT2D eigenvalue weighted by molar-refractivity contribution is 7.09. The average molecular weight is 245 g/mol. The number of alkyl halides is 1. The van der Waals surface area contributed by atoms with Crippen LogP contribution in [0.4, 0.5) is 0 Å². The number of aromatic nitrogens is 1. The lowest BCUT2D eigenvalue weighted by molar-refractivity contribution is 0.239. The minimum atomic E-state index is 0.536. The molecule has 0 saturated carbocycles. The van der Waals surface area contributed by atoms with Gasteiger partial charge in [-0.05, 0) is 25.8 Å². The Balaban J connectivity index is 2.00. The zero-order valence-electron chi connectivity index (χ0n) is 9.24. The number of hydrogen-bond acceptors (Lipinski definition) is 3. The highest BCUT2D eigenvalue weighted by Gasteiger charge is 2.30. The standard InChI is InChI=1S/C11H17ClN2S/c1-8-3-4-14(11(8)5-12)6-10-7-15-9(2)13-10/h7-8,11H,3-6H2,1-2H3. The first-order valence-electron chi connectivity index (χ1n) is 5.41. The van der Waals surface area contributed by atoms with Crippen LogP contribution >= 0.6 is 22.9 Å². The quantitative estimate of drug-likeness (QED) is 0.761. The van der Waals surface area contributed by atoms with Gasteiger partial charge in [-0.3, -0.25) is 4.90 Å². The van der Waals surface area contributed by atoms with Crippen molar-refractivity contribution in [3.63, 3.8) is 0 Å². The number of thiazole rings is 1. The lowest BCUT2D eigenvalue weighted by atomic mass is 10.1. The fraction of sp³-hybridized carbons (Fsp3) is 0.727. The van der Waals surface area contributed by atoms with Gasteiger partial charge in [0, 0.05) is 23.8 Å². The Morgan fingerprint density at radius 3 is 3.07 bits per heavy atom. The summed E-state index contributed by atoms with van der Waals surface area (Å²) in [7, 11) is 0. The van der Waals surface area contributed by atoms with E-state index in [4.69, 9.17) is 11.6 Å². The Labute approximate surface area is 100 Å². The third kappa shape index (κ3) is 2.52. The van der Waals surface area contributed by atoms with Gasteiger partial charge in [-0.25, -0.2) is 4.98 Å². The molecule has 1 aliphatic rings. The van der Waals surface area contributed by atoms with E-state index in [1.54, 1.807) is 11.3 Å². The number of halogens is 1. The third-order valence-electron chi connectivity index (χ3n) is 3.19. The number of hydrogen-bond donors (Lipinski definition) is 0. The average Bonchev–Trinajstić information content (AvgIpc) is 2.75. The Morgan fingerprint density at radius 1 is 1.67 bits per heavy atom. The fourth-order valence-electron chi connectivity index (χ4n) is 2.22. The molecule has 0 aliphatic carbocycles. The number of likely N-dealkylation sites (tertiary alicyclic amines) is 1. The van der Waals surface area contributed by atoms with Crippen LogP contribution in [0, 0.1) is 12.8 Å². The van der Waals surface area contributed by atoms with E-state index in [9.17, 15) is 0 Å². The molecule has 0 amide bonds. The van der Waals surface area contributed by atoms with Crippen molar-refractivity contribution < 1.29 is 0 Å². The van der Waals surface area contributed by atoms with Crippen molar-refractivity contribution in [2.24, 2.45) is 5.92 Å². The van der Waals surface area contributed by atoms with Crippen molar-refractivity contribution in [3.8, 4) is 0 Å². The van der Waals surface area contributed by atoms with E-state index in [0.29, 0.717) is 6.04 Å². The van der Waals surface area contributed by atoms with Gasteiger partial charge in [0.15, 0.2) is 0 Å². The predicted octanol–water partition coefficient (Wildman–Crippen LogP) is 2.90. The lowest BCUT2D eigenvalue weighted by Gasteiger charge is -2.23. The van der Waals surface area contributed by atoms with Gasteiger partial charge >= 0.3 is 0 Å². The van der Waals surface area contributed by atoms with Crippen molar-refractivity contribution in [2.45, 2.75) is 32.9 Å². The molecule has 0 bridgehead atoms. The van der Waals surface area contributed by atoms with Crippen molar-refractivity contribution >= 4 is 22.9 Å². The summed E-state index contributed by atoms with van der Waals surface area (Å²) in [6.07, 6.45) is 1.26. The zero-order valence-corrected chi connectivity index (χ0v) is 10.8. The van der Waals surface area contributed by atoms with Gasteiger partial charge < -0.3 is 0 Å². The molecule has 15 heavy (non-hydrogen) atoms. The van der Waals surface area contributed by atoms with Gasteiger partial charge in [-0.1, -0.05) is 6.92 Å². The molecule has 2 nitrogen and oxygen atoms in total. The van der Waals surface area contributed by atoms with Crippen LogP contribution in [0.15, 0.2) is 5.38 Å². The molecule has 2 heterocycles. The SMILES string of the molecule is Cc1nc(CN2CCC(C)C2CCl)cs1. The normalized spacial score (nSPS) is 27.4. The highest BCUT2D eigenvalue weighted by atomic mass is 35.5. The molecule has 1 fully saturated rings. The second kappa shape index (κ2) is 4.81. The smallest absolute Gasteiger partial charge is 0.0897 e. The zero-order chi connectivity index (χ0) is 10.8. The number of rotatable bonds is 3. The molecule has 1 aromatic rings. The van der Waals surface area contributed by atoms with Crippen LogP contribution in [0.1, 0.15) is 24.0 Å². The Morgan fingerprint density at radius 2 is 2.47 bits per heavy atom. The monoisotopic (exact) mass is 244 g/mol. The van der Waals surface area contributed by atoms with Crippen LogP contribution in [-0.4, -0.2) is 28.4 Å². The van der Waals surface area contributed by atoms with Crippen LogP contribution in [0.2, 0.25) is 0 Å². The number of aryl methyl sites for hydroxylation is 1. The Hall–Kier alpha value is -0.120. The van der Waals surface area contributed by atoms with Gasteiger partial charge in [-0.15, -0.1) is 22.9 Å². The molecule has 1 aliphatic heterocycles. The van der Waals surface area contributed by atoms with Crippen LogP contribution in [0.5, 0.6) is 0 Å². The summed E-state index contributed by atoms with van der Waals surface area (Å²) in [5.74, 6) is 1.46. The maximum absolute atomic E-state index is 6.01. The molecule has 84 valence electrons. The second-order valence-electron chi connectivity index (χ2n) is 4.32. The van der Waals surface area contributed by atoms with Crippen molar-refractivity contribution in [1.82, 2.24) is 9.88 Å². The van der Waals surface area contributed by atoms with Crippen LogP contribution in [0.3, 0.4) is 0 Å². The molecule has 0 N–H and O–H groups in total. The predicted molar refractivity (Wildman–Crippen MR) is 65.6 cm³/mol. The molecule has 0 aromatic carbocycles. The molecule has 2 rings (SSSR count). The Kier molecular flexibility index (Phi) is 3.65. The van der Waals surface area contributed by atoms with Gasteiger partial charge in [0.05, 0.1) is 10.7 Å². The van der Waals surface area contributed by atoms with Crippen LogP contribution in [-0.2, 0) is 6.54 Å². The van der Waals surface area contributed by atoms with E-state index < -0.39 is 0 Å². The molecule has 4 heteroatoms. The third-order valence-corrected chi connectivity index (χ3v) is 4.33. The summed E-state index contributed by atoms with van der Waals surface area (Å²) >= 11 is 7.74. The molecule has 0 radical (unpaired) electrons. The lowest BCUT2D eigenvalue weighted by Crippen LogP contribution is -2.33. The van der Waals surface area contributed by atoms with Crippen molar-refractivity contribution in [1.29, 1.82) is 0 Å². The summed E-state index contributed by atoms with van der Waals surface area (Å²) < 4.78 is 0. The topological polar surface area (TPSA) is 16.1 Å². The molecular formula is C11H17ClN2S.